The molecule has 1 heterocycles. The number of hydrogen-bond donors (Lipinski definition) is 2. The highest BCUT2D eigenvalue weighted by atomic mass is 35.5. The first kappa shape index (κ1) is 13.0. The van der Waals surface area contributed by atoms with E-state index in [2.05, 4.69) is 10.3 Å². The molecule has 0 radical (unpaired) electrons. The van der Waals surface area contributed by atoms with Crippen LogP contribution in [0.5, 0.6) is 0 Å². The monoisotopic (exact) mass is 281 g/mol. The van der Waals surface area contributed by atoms with Gasteiger partial charge in [0.25, 0.3) is 0 Å². The molecule has 0 unspecified atom stereocenters. The number of carbonyl (C=O) groups is 2. The van der Waals surface area contributed by atoms with Crippen LogP contribution in [0.1, 0.15) is 26.5 Å². The van der Waals surface area contributed by atoms with Crippen LogP contribution in [0.25, 0.3) is 0 Å². The Hall–Kier alpha value is -2.41. The largest absolute Gasteiger partial charge is 0.476 e. The topological polar surface area (TPSA) is 105 Å². The van der Waals surface area contributed by atoms with Crippen molar-refractivity contribution in [1.29, 1.82) is 0 Å². The van der Waals surface area contributed by atoms with Gasteiger partial charge in [0.05, 0.1) is 6.54 Å². The number of benzene rings is 1. The van der Waals surface area contributed by atoms with Crippen molar-refractivity contribution in [3.8, 4) is 0 Å². The molecule has 0 aliphatic heterocycles. The number of carboxylic acid groups (broad SMARTS) is 2. The molecular formula is C11H8ClN3O4. The molecule has 0 saturated heterocycles. The smallest absolute Gasteiger partial charge is 0.359 e. The van der Waals surface area contributed by atoms with Gasteiger partial charge in [-0.3, -0.25) is 0 Å². The maximum absolute atomic E-state index is 11.1. The molecule has 98 valence electrons. The van der Waals surface area contributed by atoms with Crippen molar-refractivity contribution in [2.45, 2.75) is 6.54 Å². The molecule has 8 heteroatoms. The molecule has 0 aliphatic carbocycles. The summed E-state index contributed by atoms with van der Waals surface area (Å²) in [6.45, 7) is 0.0294. The zero-order valence-corrected chi connectivity index (χ0v) is 10.2. The Bertz CT molecular complexity index is 653. The van der Waals surface area contributed by atoms with Crippen LogP contribution < -0.4 is 0 Å². The standard InChI is InChI=1S/C11H8ClN3O4/c12-7-4-2-1-3-6(7)5-15-9(11(18)19)8(10(16)17)13-14-15/h1-4H,5H2,(H,16,17)(H,18,19). The van der Waals surface area contributed by atoms with Gasteiger partial charge in [0.1, 0.15) is 0 Å². The van der Waals surface area contributed by atoms with Gasteiger partial charge in [0.2, 0.25) is 5.69 Å². The number of carboxylic acids is 2. The Kier molecular flexibility index (Phi) is 3.48. The van der Waals surface area contributed by atoms with Gasteiger partial charge in [-0.05, 0) is 11.6 Å². The van der Waals surface area contributed by atoms with Crippen molar-refractivity contribution in [3.05, 3.63) is 46.2 Å². The fourth-order valence-corrected chi connectivity index (χ4v) is 1.76. The summed E-state index contributed by atoms with van der Waals surface area (Å²) in [5, 5.41) is 25.2. The normalized spacial score (nSPS) is 10.4. The average molecular weight is 282 g/mol. The van der Waals surface area contributed by atoms with Gasteiger partial charge in [-0.1, -0.05) is 35.0 Å². The van der Waals surface area contributed by atoms with Gasteiger partial charge in [-0.15, -0.1) is 5.10 Å². The SMILES string of the molecule is O=C(O)c1nnn(Cc2ccccc2Cl)c1C(=O)O. The first-order valence-electron chi connectivity index (χ1n) is 5.14. The predicted octanol–water partition coefficient (Wildman–Crippen LogP) is 1.38. The van der Waals surface area contributed by atoms with Crippen LogP contribution in [0.15, 0.2) is 24.3 Å². The second-order valence-electron chi connectivity index (χ2n) is 3.65. The molecule has 0 bridgehead atoms. The van der Waals surface area contributed by atoms with E-state index in [4.69, 9.17) is 21.8 Å². The molecule has 1 aromatic heterocycles. The van der Waals surface area contributed by atoms with Gasteiger partial charge in [-0.25, -0.2) is 14.3 Å². The third-order valence-corrected chi connectivity index (χ3v) is 2.79. The second kappa shape index (κ2) is 5.07. The lowest BCUT2D eigenvalue weighted by atomic mass is 10.2. The summed E-state index contributed by atoms with van der Waals surface area (Å²) in [4.78, 5) is 21.9. The molecule has 19 heavy (non-hydrogen) atoms. The maximum atomic E-state index is 11.1. The molecule has 2 rings (SSSR count). The van der Waals surface area contributed by atoms with Crippen molar-refractivity contribution in [3.63, 3.8) is 0 Å². The number of hydrogen-bond acceptors (Lipinski definition) is 4. The fraction of sp³-hybridized carbons (Fsp3) is 0.0909. The lowest BCUT2D eigenvalue weighted by Crippen LogP contribution is -2.14. The van der Waals surface area contributed by atoms with Crippen molar-refractivity contribution >= 4 is 23.5 Å². The zero-order chi connectivity index (χ0) is 14.0. The van der Waals surface area contributed by atoms with Crippen molar-refractivity contribution in [1.82, 2.24) is 15.0 Å². The van der Waals surface area contributed by atoms with E-state index in [0.717, 1.165) is 4.68 Å². The van der Waals surface area contributed by atoms with Gasteiger partial charge >= 0.3 is 11.9 Å². The van der Waals surface area contributed by atoms with Crippen LogP contribution >= 0.6 is 11.6 Å². The van der Waals surface area contributed by atoms with Gasteiger partial charge in [0, 0.05) is 5.02 Å². The molecular weight excluding hydrogens is 274 g/mol. The number of nitrogens with zero attached hydrogens (tertiary/aromatic N) is 3. The Morgan fingerprint density at radius 2 is 1.89 bits per heavy atom. The summed E-state index contributed by atoms with van der Waals surface area (Å²) >= 11 is 5.95. The molecule has 2 aromatic rings. The van der Waals surface area contributed by atoms with Crippen LogP contribution in [0.2, 0.25) is 5.02 Å². The summed E-state index contributed by atoms with van der Waals surface area (Å²) in [6, 6.07) is 6.80. The number of aromatic nitrogens is 3. The summed E-state index contributed by atoms with van der Waals surface area (Å²) < 4.78 is 0.993. The van der Waals surface area contributed by atoms with Crippen LogP contribution in [0.3, 0.4) is 0 Å². The number of aromatic carboxylic acids is 2. The van der Waals surface area contributed by atoms with Crippen molar-refractivity contribution in [2.24, 2.45) is 0 Å². The van der Waals surface area contributed by atoms with Gasteiger partial charge in [-0.2, -0.15) is 0 Å². The summed E-state index contributed by atoms with van der Waals surface area (Å²) in [5.74, 6) is -2.85. The first-order chi connectivity index (χ1) is 9.00. The summed E-state index contributed by atoms with van der Waals surface area (Å²) in [6.07, 6.45) is 0. The van der Waals surface area contributed by atoms with E-state index in [1.807, 2.05) is 0 Å². The van der Waals surface area contributed by atoms with E-state index in [1.165, 1.54) is 0 Å². The van der Waals surface area contributed by atoms with E-state index < -0.39 is 23.3 Å². The van der Waals surface area contributed by atoms with Crippen LogP contribution in [0, 0.1) is 0 Å². The number of halogens is 1. The molecule has 7 nitrogen and oxygen atoms in total. The summed E-state index contributed by atoms with van der Waals surface area (Å²) in [5.41, 5.74) is -0.458. The lowest BCUT2D eigenvalue weighted by molar-refractivity contribution is 0.0640. The third kappa shape index (κ3) is 2.55. The van der Waals surface area contributed by atoms with Crippen molar-refractivity contribution < 1.29 is 19.8 Å². The second-order valence-corrected chi connectivity index (χ2v) is 4.05. The predicted molar refractivity (Wildman–Crippen MR) is 64.5 cm³/mol. The summed E-state index contributed by atoms with van der Waals surface area (Å²) in [7, 11) is 0. The molecule has 0 atom stereocenters. The quantitative estimate of drug-likeness (QED) is 0.877. The average Bonchev–Trinajstić information content (AvgIpc) is 2.76. The Morgan fingerprint density at radius 1 is 1.21 bits per heavy atom. The zero-order valence-electron chi connectivity index (χ0n) is 9.45. The van der Waals surface area contributed by atoms with E-state index in [1.54, 1.807) is 24.3 Å². The van der Waals surface area contributed by atoms with E-state index in [9.17, 15) is 9.59 Å². The van der Waals surface area contributed by atoms with E-state index in [0.29, 0.717) is 10.6 Å². The molecule has 0 aliphatic rings. The lowest BCUT2D eigenvalue weighted by Gasteiger charge is -2.05. The molecule has 0 fully saturated rings. The van der Waals surface area contributed by atoms with Crippen molar-refractivity contribution in [2.75, 3.05) is 0 Å². The Labute approximate surface area is 112 Å². The third-order valence-electron chi connectivity index (χ3n) is 2.42. The maximum Gasteiger partial charge on any atom is 0.359 e. The molecule has 1 aromatic carbocycles. The number of rotatable bonds is 4. The van der Waals surface area contributed by atoms with Gasteiger partial charge in [0.15, 0.2) is 5.69 Å². The Balaban J connectivity index is 2.44. The minimum atomic E-state index is -1.44. The fourth-order valence-electron chi connectivity index (χ4n) is 1.57. The molecule has 0 saturated carbocycles. The highest BCUT2D eigenvalue weighted by Gasteiger charge is 2.24. The first-order valence-corrected chi connectivity index (χ1v) is 5.52. The van der Waals surface area contributed by atoms with Crippen LogP contribution in [0.4, 0.5) is 0 Å². The van der Waals surface area contributed by atoms with Crippen LogP contribution in [-0.4, -0.2) is 37.1 Å². The van der Waals surface area contributed by atoms with Gasteiger partial charge < -0.3 is 10.2 Å². The highest BCUT2D eigenvalue weighted by Crippen LogP contribution is 2.17. The minimum absolute atomic E-state index is 0.0294. The van der Waals surface area contributed by atoms with E-state index >= 15 is 0 Å². The Morgan fingerprint density at radius 3 is 2.47 bits per heavy atom. The van der Waals surface area contributed by atoms with Crippen LogP contribution in [-0.2, 0) is 6.54 Å². The molecule has 0 amide bonds. The minimum Gasteiger partial charge on any atom is -0.476 e. The molecule has 0 spiro atoms. The van der Waals surface area contributed by atoms with E-state index in [-0.39, 0.29) is 6.54 Å². The molecule has 2 N–H and O–H groups in total. The highest BCUT2D eigenvalue weighted by molar-refractivity contribution is 6.31.